The number of hydrogen-bond acceptors (Lipinski definition) is 3. The normalized spacial score (nSPS) is 11.8. The van der Waals surface area contributed by atoms with Crippen LogP contribution in [0.5, 0.6) is 5.75 Å². The van der Waals surface area contributed by atoms with E-state index in [1.807, 2.05) is 0 Å². The SMILES string of the molecule is COc1cccc([C@@H](N)CCCO)c1F.Cl. The molecule has 1 rings (SSSR count). The fourth-order valence-electron chi connectivity index (χ4n) is 1.44. The molecular weight excluding hydrogens is 233 g/mol. The van der Waals surface area contributed by atoms with E-state index in [1.54, 1.807) is 18.2 Å². The van der Waals surface area contributed by atoms with E-state index in [-0.39, 0.29) is 24.8 Å². The lowest BCUT2D eigenvalue weighted by Gasteiger charge is -2.13. The number of halogens is 2. The minimum Gasteiger partial charge on any atom is -0.494 e. The molecule has 0 fully saturated rings. The van der Waals surface area contributed by atoms with Gasteiger partial charge in [0.1, 0.15) is 0 Å². The van der Waals surface area contributed by atoms with Gasteiger partial charge >= 0.3 is 0 Å². The summed E-state index contributed by atoms with van der Waals surface area (Å²) in [5.74, 6) is -0.211. The number of benzene rings is 1. The highest BCUT2D eigenvalue weighted by molar-refractivity contribution is 5.85. The van der Waals surface area contributed by atoms with Gasteiger partial charge in [0.25, 0.3) is 0 Å². The van der Waals surface area contributed by atoms with Crippen LogP contribution in [0.15, 0.2) is 18.2 Å². The van der Waals surface area contributed by atoms with Crippen LogP contribution in [0.1, 0.15) is 24.4 Å². The summed E-state index contributed by atoms with van der Waals surface area (Å²) in [6.45, 7) is 0.0687. The van der Waals surface area contributed by atoms with E-state index in [2.05, 4.69) is 0 Å². The second-order valence-electron chi connectivity index (χ2n) is 3.34. The van der Waals surface area contributed by atoms with Crippen molar-refractivity contribution in [1.29, 1.82) is 0 Å². The second-order valence-corrected chi connectivity index (χ2v) is 3.34. The van der Waals surface area contributed by atoms with Gasteiger partial charge in [0.15, 0.2) is 11.6 Å². The number of methoxy groups -OCH3 is 1. The topological polar surface area (TPSA) is 55.5 Å². The number of nitrogens with two attached hydrogens (primary N) is 1. The van der Waals surface area contributed by atoms with Gasteiger partial charge in [-0.3, -0.25) is 0 Å². The summed E-state index contributed by atoms with van der Waals surface area (Å²) in [4.78, 5) is 0. The molecule has 1 aromatic rings. The summed E-state index contributed by atoms with van der Waals surface area (Å²) >= 11 is 0. The Labute approximate surface area is 101 Å². The summed E-state index contributed by atoms with van der Waals surface area (Å²) in [5, 5.41) is 8.66. The first-order valence-corrected chi connectivity index (χ1v) is 4.89. The van der Waals surface area contributed by atoms with E-state index in [4.69, 9.17) is 15.6 Å². The van der Waals surface area contributed by atoms with Crippen LogP contribution in [0.2, 0.25) is 0 Å². The predicted molar refractivity (Wildman–Crippen MR) is 63.4 cm³/mol. The molecule has 1 atom stereocenters. The van der Waals surface area contributed by atoms with Crippen molar-refractivity contribution in [3.05, 3.63) is 29.6 Å². The summed E-state index contributed by atoms with van der Waals surface area (Å²) in [6.07, 6.45) is 1.12. The fraction of sp³-hybridized carbons (Fsp3) is 0.455. The molecule has 5 heteroatoms. The minimum atomic E-state index is -0.412. The van der Waals surface area contributed by atoms with Gasteiger partial charge in [0.2, 0.25) is 0 Å². The lowest BCUT2D eigenvalue weighted by molar-refractivity contribution is 0.279. The number of ether oxygens (including phenoxy) is 1. The second kappa shape index (κ2) is 7.44. The van der Waals surface area contributed by atoms with Gasteiger partial charge in [-0.15, -0.1) is 12.4 Å². The molecule has 0 aliphatic rings. The molecule has 0 spiro atoms. The number of aliphatic hydroxyl groups is 1. The minimum absolute atomic E-state index is 0. The third-order valence-electron chi connectivity index (χ3n) is 2.29. The largest absolute Gasteiger partial charge is 0.494 e. The third-order valence-corrected chi connectivity index (χ3v) is 2.29. The highest BCUT2D eigenvalue weighted by atomic mass is 35.5. The molecular formula is C11H17ClFNO2. The highest BCUT2D eigenvalue weighted by Crippen LogP contribution is 2.25. The first-order chi connectivity index (χ1) is 7.20. The molecule has 3 nitrogen and oxygen atoms in total. The first kappa shape index (κ1) is 15.2. The number of aliphatic hydroxyl groups excluding tert-OH is 1. The van der Waals surface area contributed by atoms with Gasteiger partial charge in [-0.2, -0.15) is 0 Å². The average Bonchev–Trinajstić information content (AvgIpc) is 2.26. The number of hydrogen-bond donors (Lipinski definition) is 2. The van der Waals surface area contributed by atoms with E-state index >= 15 is 0 Å². The lowest BCUT2D eigenvalue weighted by Crippen LogP contribution is -2.13. The zero-order valence-corrected chi connectivity index (χ0v) is 9.97. The maximum atomic E-state index is 13.7. The quantitative estimate of drug-likeness (QED) is 0.840. The van der Waals surface area contributed by atoms with Crippen molar-refractivity contribution in [2.45, 2.75) is 18.9 Å². The average molecular weight is 250 g/mol. The molecule has 1 aromatic carbocycles. The Morgan fingerprint density at radius 2 is 2.19 bits per heavy atom. The van der Waals surface area contributed by atoms with E-state index in [9.17, 15) is 4.39 Å². The Kier molecular flexibility index (Phi) is 7.05. The van der Waals surface area contributed by atoms with Gasteiger partial charge in [-0.25, -0.2) is 4.39 Å². The van der Waals surface area contributed by atoms with E-state index in [0.717, 1.165) is 0 Å². The van der Waals surface area contributed by atoms with Crippen LogP contribution < -0.4 is 10.5 Å². The fourth-order valence-corrected chi connectivity index (χ4v) is 1.44. The molecule has 0 aliphatic carbocycles. The molecule has 0 bridgehead atoms. The smallest absolute Gasteiger partial charge is 0.169 e. The van der Waals surface area contributed by atoms with Crippen LogP contribution in [0.4, 0.5) is 4.39 Å². The van der Waals surface area contributed by atoms with Crippen LogP contribution in [0.3, 0.4) is 0 Å². The van der Waals surface area contributed by atoms with Gasteiger partial charge in [-0.05, 0) is 18.9 Å². The van der Waals surface area contributed by atoms with Crippen LogP contribution in [-0.2, 0) is 0 Å². The molecule has 0 saturated heterocycles. The van der Waals surface area contributed by atoms with E-state index in [1.165, 1.54) is 7.11 Å². The van der Waals surface area contributed by atoms with Crippen LogP contribution >= 0.6 is 12.4 Å². The predicted octanol–water partition coefficient (Wildman–Crippen LogP) is 2.03. The zero-order chi connectivity index (χ0) is 11.3. The van der Waals surface area contributed by atoms with Crippen LogP contribution in [0, 0.1) is 5.82 Å². The van der Waals surface area contributed by atoms with Gasteiger partial charge in [0, 0.05) is 18.2 Å². The van der Waals surface area contributed by atoms with Crippen LogP contribution in [0.25, 0.3) is 0 Å². The first-order valence-electron chi connectivity index (χ1n) is 4.89. The lowest BCUT2D eigenvalue weighted by atomic mass is 10.0. The van der Waals surface area contributed by atoms with Crippen molar-refractivity contribution in [2.24, 2.45) is 5.73 Å². The van der Waals surface area contributed by atoms with Gasteiger partial charge in [0.05, 0.1) is 7.11 Å². The standard InChI is InChI=1S/C11H16FNO2.ClH/c1-15-10-6-2-4-8(11(10)12)9(13)5-3-7-14;/h2,4,6,9,14H,3,5,7,13H2,1H3;1H/t9-;/m0./s1. The van der Waals surface area contributed by atoms with Crippen molar-refractivity contribution in [2.75, 3.05) is 13.7 Å². The third kappa shape index (κ3) is 3.63. The molecule has 3 N–H and O–H groups in total. The maximum Gasteiger partial charge on any atom is 0.169 e. The summed E-state index contributed by atoms with van der Waals surface area (Å²) in [7, 11) is 1.42. The Bertz CT molecular complexity index is 323. The molecule has 0 saturated carbocycles. The monoisotopic (exact) mass is 249 g/mol. The molecule has 0 aliphatic heterocycles. The molecule has 16 heavy (non-hydrogen) atoms. The molecule has 92 valence electrons. The molecule has 0 radical (unpaired) electrons. The summed E-state index contributed by atoms with van der Waals surface area (Å²) in [5.41, 5.74) is 6.23. The van der Waals surface area contributed by atoms with Crippen molar-refractivity contribution in [1.82, 2.24) is 0 Å². The van der Waals surface area contributed by atoms with E-state index in [0.29, 0.717) is 18.4 Å². The van der Waals surface area contributed by atoms with Crippen molar-refractivity contribution >= 4 is 12.4 Å². The molecule has 0 unspecified atom stereocenters. The van der Waals surface area contributed by atoms with Crippen LogP contribution in [-0.4, -0.2) is 18.8 Å². The summed E-state index contributed by atoms with van der Waals surface area (Å²) < 4.78 is 18.5. The Hall–Kier alpha value is -0.840. The van der Waals surface area contributed by atoms with Crippen molar-refractivity contribution in [3.8, 4) is 5.75 Å². The summed E-state index contributed by atoms with van der Waals surface area (Å²) in [6, 6.07) is 4.50. The van der Waals surface area contributed by atoms with Crippen molar-refractivity contribution < 1.29 is 14.2 Å². The highest BCUT2D eigenvalue weighted by Gasteiger charge is 2.14. The van der Waals surface area contributed by atoms with E-state index < -0.39 is 11.9 Å². The Balaban J connectivity index is 0.00000225. The Morgan fingerprint density at radius 1 is 1.50 bits per heavy atom. The number of rotatable bonds is 5. The van der Waals surface area contributed by atoms with Gasteiger partial charge < -0.3 is 15.6 Å². The molecule has 0 heterocycles. The Morgan fingerprint density at radius 3 is 2.75 bits per heavy atom. The zero-order valence-electron chi connectivity index (χ0n) is 9.15. The molecule has 0 aromatic heterocycles. The maximum absolute atomic E-state index is 13.7. The molecule has 0 amide bonds. The van der Waals surface area contributed by atoms with Gasteiger partial charge in [-0.1, -0.05) is 12.1 Å². The van der Waals surface area contributed by atoms with Crippen molar-refractivity contribution in [3.63, 3.8) is 0 Å².